The van der Waals surface area contributed by atoms with Gasteiger partial charge in [0.25, 0.3) is 0 Å². The van der Waals surface area contributed by atoms with Crippen LogP contribution >= 0.6 is 15.9 Å². The van der Waals surface area contributed by atoms with Crippen LogP contribution in [0.3, 0.4) is 0 Å². The molecule has 1 heterocycles. The summed E-state index contributed by atoms with van der Waals surface area (Å²) in [7, 11) is 0. The van der Waals surface area contributed by atoms with Crippen molar-refractivity contribution in [1.29, 1.82) is 0 Å². The van der Waals surface area contributed by atoms with Crippen LogP contribution in [0.2, 0.25) is 0 Å². The predicted molar refractivity (Wildman–Crippen MR) is 85.6 cm³/mol. The Morgan fingerprint density at radius 3 is 2.95 bits per heavy atom. The molecular weight excluding hydrogens is 316 g/mol. The predicted octanol–water partition coefficient (Wildman–Crippen LogP) is 3.55. The number of amides is 1. The SMILES string of the molecule is CC(NC(=O)CCC1CCCCN1)c1ccccc1Br. The summed E-state index contributed by atoms with van der Waals surface area (Å²) in [6, 6.07) is 8.58. The fourth-order valence-electron chi connectivity index (χ4n) is 2.69. The summed E-state index contributed by atoms with van der Waals surface area (Å²) < 4.78 is 1.04. The van der Waals surface area contributed by atoms with Crippen molar-refractivity contribution in [3.63, 3.8) is 0 Å². The number of carbonyl (C=O) groups excluding carboxylic acids is 1. The van der Waals surface area contributed by atoms with Crippen molar-refractivity contribution in [2.45, 2.75) is 51.1 Å². The maximum atomic E-state index is 12.0. The molecule has 4 heteroatoms. The smallest absolute Gasteiger partial charge is 0.220 e. The molecule has 0 aromatic heterocycles. The van der Waals surface area contributed by atoms with E-state index in [1.165, 1.54) is 19.3 Å². The van der Waals surface area contributed by atoms with E-state index in [1.54, 1.807) is 0 Å². The summed E-state index contributed by atoms with van der Waals surface area (Å²) in [5, 5.41) is 6.56. The summed E-state index contributed by atoms with van der Waals surface area (Å²) in [6.07, 6.45) is 5.29. The van der Waals surface area contributed by atoms with E-state index in [2.05, 4.69) is 26.6 Å². The van der Waals surface area contributed by atoms with E-state index in [4.69, 9.17) is 0 Å². The van der Waals surface area contributed by atoms with Crippen LogP contribution in [-0.2, 0) is 4.79 Å². The lowest BCUT2D eigenvalue weighted by atomic mass is 10.0. The Bertz CT molecular complexity index is 444. The van der Waals surface area contributed by atoms with Gasteiger partial charge in [-0.2, -0.15) is 0 Å². The van der Waals surface area contributed by atoms with Gasteiger partial charge in [-0.15, -0.1) is 0 Å². The first-order valence-electron chi connectivity index (χ1n) is 7.44. The minimum Gasteiger partial charge on any atom is -0.350 e. The summed E-state index contributed by atoms with van der Waals surface area (Å²) >= 11 is 3.53. The molecule has 0 saturated carbocycles. The number of piperidine rings is 1. The highest BCUT2D eigenvalue weighted by molar-refractivity contribution is 9.10. The van der Waals surface area contributed by atoms with Crippen LogP contribution in [0.15, 0.2) is 28.7 Å². The first-order chi connectivity index (χ1) is 9.66. The molecule has 2 N–H and O–H groups in total. The molecule has 1 aromatic rings. The zero-order valence-corrected chi connectivity index (χ0v) is 13.6. The number of nitrogens with one attached hydrogen (secondary N) is 2. The molecule has 0 aliphatic carbocycles. The molecule has 20 heavy (non-hydrogen) atoms. The van der Waals surface area contributed by atoms with Gasteiger partial charge in [0.05, 0.1) is 6.04 Å². The van der Waals surface area contributed by atoms with Crippen LogP contribution in [0, 0.1) is 0 Å². The highest BCUT2D eigenvalue weighted by Gasteiger charge is 2.16. The van der Waals surface area contributed by atoms with E-state index in [9.17, 15) is 4.79 Å². The Kier molecular flexibility index (Phi) is 6.05. The number of hydrogen-bond donors (Lipinski definition) is 2. The fraction of sp³-hybridized carbons (Fsp3) is 0.562. The molecule has 3 nitrogen and oxygen atoms in total. The molecule has 0 bridgehead atoms. The van der Waals surface area contributed by atoms with Gasteiger partial charge >= 0.3 is 0 Å². The Labute approximate surface area is 129 Å². The van der Waals surface area contributed by atoms with Gasteiger partial charge in [-0.05, 0) is 44.4 Å². The largest absolute Gasteiger partial charge is 0.350 e. The van der Waals surface area contributed by atoms with Crippen LogP contribution in [0.4, 0.5) is 0 Å². The number of carbonyl (C=O) groups is 1. The number of halogens is 1. The van der Waals surface area contributed by atoms with Gasteiger partial charge in [0.15, 0.2) is 0 Å². The lowest BCUT2D eigenvalue weighted by Crippen LogP contribution is -2.35. The molecule has 110 valence electrons. The molecule has 1 amide bonds. The minimum atomic E-state index is 0.0393. The monoisotopic (exact) mass is 338 g/mol. The van der Waals surface area contributed by atoms with Crippen molar-refractivity contribution in [3.8, 4) is 0 Å². The van der Waals surface area contributed by atoms with Crippen molar-refractivity contribution in [3.05, 3.63) is 34.3 Å². The van der Waals surface area contributed by atoms with Crippen LogP contribution in [-0.4, -0.2) is 18.5 Å². The quantitative estimate of drug-likeness (QED) is 0.861. The number of hydrogen-bond acceptors (Lipinski definition) is 2. The zero-order chi connectivity index (χ0) is 14.4. The third-order valence-corrected chi connectivity index (χ3v) is 4.60. The van der Waals surface area contributed by atoms with Gasteiger partial charge in [-0.1, -0.05) is 40.5 Å². The van der Waals surface area contributed by atoms with Gasteiger partial charge in [0, 0.05) is 16.9 Å². The van der Waals surface area contributed by atoms with Gasteiger partial charge in [-0.3, -0.25) is 4.79 Å². The molecule has 0 radical (unpaired) electrons. The highest BCUT2D eigenvalue weighted by Crippen LogP contribution is 2.22. The third-order valence-electron chi connectivity index (χ3n) is 3.88. The topological polar surface area (TPSA) is 41.1 Å². The second kappa shape index (κ2) is 7.79. The zero-order valence-electron chi connectivity index (χ0n) is 12.0. The summed E-state index contributed by atoms with van der Waals surface area (Å²) in [5.74, 6) is 0.139. The highest BCUT2D eigenvalue weighted by atomic mass is 79.9. The molecule has 0 spiro atoms. The summed E-state index contributed by atoms with van der Waals surface area (Å²) in [4.78, 5) is 12.0. The van der Waals surface area contributed by atoms with E-state index in [0.717, 1.165) is 23.0 Å². The van der Waals surface area contributed by atoms with Gasteiger partial charge in [0.1, 0.15) is 0 Å². The molecule has 1 aliphatic heterocycles. The van der Waals surface area contributed by atoms with Crippen molar-refractivity contribution in [1.82, 2.24) is 10.6 Å². The van der Waals surface area contributed by atoms with E-state index >= 15 is 0 Å². The average Bonchev–Trinajstić information content (AvgIpc) is 2.46. The Morgan fingerprint density at radius 1 is 1.45 bits per heavy atom. The molecule has 1 fully saturated rings. The van der Waals surface area contributed by atoms with Crippen molar-refractivity contribution < 1.29 is 4.79 Å². The van der Waals surface area contributed by atoms with Gasteiger partial charge in [-0.25, -0.2) is 0 Å². The van der Waals surface area contributed by atoms with Crippen LogP contribution in [0.5, 0.6) is 0 Å². The van der Waals surface area contributed by atoms with Crippen LogP contribution < -0.4 is 10.6 Å². The van der Waals surface area contributed by atoms with E-state index in [0.29, 0.717) is 12.5 Å². The molecule has 2 rings (SSSR count). The Balaban J connectivity index is 1.77. The van der Waals surface area contributed by atoms with Gasteiger partial charge < -0.3 is 10.6 Å². The Morgan fingerprint density at radius 2 is 2.25 bits per heavy atom. The van der Waals surface area contributed by atoms with E-state index in [-0.39, 0.29) is 11.9 Å². The van der Waals surface area contributed by atoms with Crippen LogP contribution in [0.1, 0.15) is 50.6 Å². The minimum absolute atomic E-state index is 0.0393. The standard InChI is InChI=1S/C16H23BrN2O/c1-12(14-7-2-3-8-15(14)17)19-16(20)10-9-13-6-4-5-11-18-13/h2-3,7-8,12-13,18H,4-6,9-11H2,1H3,(H,19,20). The first kappa shape index (κ1) is 15.5. The third kappa shape index (κ3) is 4.60. The number of rotatable bonds is 5. The maximum Gasteiger partial charge on any atom is 0.220 e. The van der Waals surface area contributed by atoms with Crippen LogP contribution in [0.25, 0.3) is 0 Å². The molecule has 2 unspecified atom stereocenters. The molecular formula is C16H23BrN2O. The maximum absolute atomic E-state index is 12.0. The Hall–Kier alpha value is -0.870. The molecule has 2 atom stereocenters. The lowest BCUT2D eigenvalue weighted by molar-refractivity contribution is -0.122. The second-order valence-electron chi connectivity index (χ2n) is 5.50. The first-order valence-corrected chi connectivity index (χ1v) is 8.23. The lowest BCUT2D eigenvalue weighted by Gasteiger charge is -2.23. The summed E-state index contributed by atoms with van der Waals surface area (Å²) in [6.45, 7) is 3.12. The molecule has 1 aromatic carbocycles. The molecule has 1 aliphatic rings. The molecule has 1 saturated heterocycles. The number of benzene rings is 1. The average molecular weight is 339 g/mol. The van der Waals surface area contributed by atoms with Crippen molar-refractivity contribution in [2.24, 2.45) is 0 Å². The van der Waals surface area contributed by atoms with Gasteiger partial charge in [0.2, 0.25) is 5.91 Å². The van der Waals surface area contributed by atoms with E-state index < -0.39 is 0 Å². The normalized spacial score (nSPS) is 20.4. The van der Waals surface area contributed by atoms with Crippen molar-refractivity contribution in [2.75, 3.05) is 6.54 Å². The van der Waals surface area contributed by atoms with E-state index in [1.807, 2.05) is 31.2 Å². The fourth-order valence-corrected chi connectivity index (χ4v) is 3.32. The summed E-state index contributed by atoms with van der Waals surface area (Å²) in [5.41, 5.74) is 1.12. The second-order valence-corrected chi connectivity index (χ2v) is 6.35. The van der Waals surface area contributed by atoms with Crippen molar-refractivity contribution >= 4 is 21.8 Å².